The molecule has 126 valence electrons. The van der Waals surface area contributed by atoms with E-state index >= 15 is 0 Å². The molecule has 0 unspecified atom stereocenters. The average Bonchev–Trinajstić information content (AvgIpc) is 2.97. The van der Waals surface area contributed by atoms with Gasteiger partial charge in [0.05, 0.1) is 11.9 Å². The van der Waals surface area contributed by atoms with E-state index in [9.17, 15) is 4.79 Å². The van der Waals surface area contributed by atoms with Gasteiger partial charge < -0.3 is 10.2 Å². The van der Waals surface area contributed by atoms with Gasteiger partial charge in [0.25, 0.3) is 0 Å². The van der Waals surface area contributed by atoms with Gasteiger partial charge in [-0.3, -0.25) is 14.9 Å². The van der Waals surface area contributed by atoms with Crippen LogP contribution in [0.3, 0.4) is 0 Å². The van der Waals surface area contributed by atoms with E-state index in [0.717, 1.165) is 13.0 Å². The smallest absolute Gasteiger partial charge is 0.321 e. The monoisotopic (exact) mass is 325 g/mol. The minimum Gasteiger partial charge on any atom is -0.327 e. The second-order valence-electron chi connectivity index (χ2n) is 6.31. The van der Waals surface area contributed by atoms with Crippen molar-refractivity contribution in [1.82, 2.24) is 19.8 Å². The maximum Gasteiger partial charge on any atom is 0.321 e. The fraction of sp³-hybridized carbons (Fsp3) is 0.389. The predicted molar refractivity (Wildman–Crippen MR) is 93.6 cm³/mol. The molecule has 2 aromatic heterocycles. The lowest BCUT2D eigenvalue weighted by Crippen LogP contribution is -2.37. The molecule has 0 radical (unpaired) electrons. The number of aromatic nitrogens is 2. The fourth-order valence-electron chi connectivity index (χ4n) is 3.39. The molecule has 24 heavy (non-hydrogen) atoms. The number of carbonyl (C=O) groups is 1. The van der Waals surface area contributed by atoms with Crippen LogP contribution in [0.5, 0.6) is 0 Å². The molecule has 3 rings (SSSR count). The molecular weight excluding hydrogens is 302 g/mol. The van der Waals surface area contributed by atoms with E-state index in [1.165, 1.54) is 5.56 Å². The number of nitrogens with zero attached hydrogens (tertiary/aromatic N) is 4. The molecule has 1 N–H and O–H groups in total. The van der Waals surface area contributed by atoms with Crippen LogP contribution < -0.4 is 5.32 Å². The Morgan fingerprint density at radius 3 is 2.71 bits per heavy atom. The quantitative estimate of drug-likeness (QED) is 0.939. The first-order chi connectivity index (χ1) is 11.6. The van der Waals surface area contributed by atoms with Crippen molar-refractivity contribution >= 4 is 11.7 Å². The van der Waals surface area contributed by atoms with Crippen molar-refractivity contribution in [3.63, 3.8) is 0 Å². The van der Waals surface area contributed by atoms with Crippen molar-refractivity contribution in [1.29, 1.82) is 0 Å². The Labute approximate surface area is 142 Å². The lowest BCUT2D eigenvalue weighted by Gasteiger charge is -2.28. The lowest BCUT2D eigenvalue weighted by atomic mass is 9.94. The van der Waals surface area contributed by atoms with E-state index < -0.39 is 0 Å². The van der Waals surface area contributed by atoms with Crippen LogP contribution in [0.2, 0.25) is 0 Å². The fourth-order valence-corrected chi connectivity index (χ4v) is 3.39. The molecule has 1 saturated heterocycles. The summed E-state index contributed by atoms with van der Waals surface area (Å²) in [4.78, 5) is 24.7. The van der Waals surface area contributed by atoms with Gasteiger partial charge in [0.1, 0.15) is 0 Å². The Morgan fingerprint density at radius 1 is 1.29 bits per heavy atom. The first-order valence-corrected chi connectivity index (χ1v) is 8.17. The van der Waals surface area contributed by atoms with Crippen LogP contribution in [0.1, 0.15) is 18.0 Å². The van der Waals surface area contributed by atoms with E-state index in [4.69, 9.17) is 0 Å². The average molecular weight is 325 g/mol. The van der Waals surface area contributed by atoms with Crippen molar-refractivity contribution in [3.05, 3.63) is 54.6 Å². The number of nitrogens with one attached hydrogen (secondary N) is 1. The minimum atomic E-state index is -0.109. The maximum absolute atomic E-state index is 12.4. The Balaban J connectivity index is 1.64. The van der Waals surface area contributed by atoms with Gasteiger partial charge in [-0.05, 0) is 49.7 Å². The van der Waals surface area contributed by atoms with Crippen molar-refractivity contribution < 1.29 is 4.79 Å². The number of urea groups is 1. The molecule has 1 aliphatic heterocycles. The van der Waals surface area contributed by atoms with E-state index in [0.29, 0.717) is 24.2 Å². The van der Waals surface area contributed by atoms with Gasteiger partial charge in [-0.1, -0.05) is 6.07 Å². The summed E-state index contributed by atoms with van der Waals surface area (Å²) in [6, 6.07) is 7.91. The number of carbonyl (C=O) groups excluding carboxylic acids is 1. The molecule has 0 spiro atoms. The summed E-state index contributed by atoms with van der Waals surface area (Å²) in [5, 5.41) is 2.88. The number of hydrogen-bond acceptors (Lipinski definition) is 4. The van der Waals surface area contributed by atoms with Crippen LogP contribution >= 0.6 is 0 Å². The van der Waals surface area contributed by atoms with Gasteiger partial charge in [0.15, 0.2) is 0 Å². The third-order valence-corrected chi connectivity index (χ3v) is 4.57. The molecule has 0 saturated carbocycles. The van der Waals surface area contributed by atoms with Crippen molar-refractivity contribution in [2.75, 3.05) is 32.5 Å². The van der Waals surface area contributed by atoms with E-state index in [1.54, 1.807) is 29.6 Å². The van der Waals surface area contributed by atoms with E-state index in [2.05, 4.69) is 33.3 Å². The second kappa shape index (κ2) is 7.40. The molecule has 2 amide bonds. The number of hydrogen-bond donors (Lipinski definition) is 1. The number of amides is 2. The standard InChI is InChI=1S/C18H23N5O/c1-22-10-7-15(17(22)14-5-3-8-19-11-14)13-23(2)18(24)21-16-6-4-9-20-12-16/h3-6,8-9,11-12,15,17H,7,10,13H2,1-2H3,(H,21,24)/t15-,17-/m0/s1. The van der Waals surface area contributed by atoms with Crippen molar-refractivity contribution in [3.8, 4) is 0 Å². The second-order valence-corrected chi connectivity index (χ2v) is 6.31. The van der Waals surface area contributed by atoms with Crippen molar-refractivity contribution in [2.24, 2.45) is 5.92 Å². The third kappa shape index (κ3) is 3.71. The first kappa shape index (κ1) is 16.4. The third-order valence-electron chi connectivity index (χ3n) is 4.57. The highest BCUT2D eigenvalue weighted by Crippen LogP contribution is 2.36. The zero-order valence-corrected chi connectivity index (χ0v) is 14.1. The van der Waals surface area contributed by atoms with Crippen LogP contribution in [0.25, 0.3) is 0 Å². The van der Waals surface area contributed by atoms with Crippen molar-refractivity contribution in [2.45, 2.75) is 12.5 Å². The first-order valence-electron chi connectivity index (χ1n) is 8.17. The molecule has 3 heterocycles. The highest BCUT2D eigenvalue weighted by molar-refractivity contribution is 5.88. The van der Waals surface area contributed by atoms with Gasteiger partial charge >= 0.3 is 6.03 Å². The van der Waals surface area contributed by atoms with Crippen LogP contribution in [0, 0.1) is 5.92 Å². The van der Waals surface area contributed by atoms with Crippen LogP contribution in [0.4, 0.5) is 10.5 Å². The predicted octanol–water partition coefficient (Wildman–Crippen LogP) is 2.63. The SMILES string of the molecule is CN(C[C@@H]1CCN(C)[C@H]1c1cccnc1)C(=O)Nc1cccnc1. The Bertz CT molecular complexity index is 664. The Morgan fingerprint density at radius 2 is 2.04 bits per heavy atom. The normalized spacial score (nSPS) is 20.8. The van der Waals surface area contributed by atoms with E-state index in [-0.39, 0.29) is 6.03 Å². The molecule has 6 heteroatoms. The summed E-state index contributed by atoms with van der Waals surface area (Å²) < 4.78 is 0. The van der Waals surface area contributed by atoms with Gasteiger partial charge in [0.2, 0.25) is 0 Å². The molecule has 0 aliphatic carbocycles. The molecule has 1 fully saturated rings. The van der Waals surface area contributed by atoms with Crippen LogP contribution in [0.15, 0.2) is 49.1 Å². The number of likely N-dealkylation sites (tertiary alicyclic amines) is 1. The molecular formula is C18H23N5O. The Hall–Kier alpha value is -2.47. The molecule has 0 bridgehead atoms. The lowest BCUT2D eigenvalue weighted by molar-refractivity contribution is 0.201. The summed E-state index contributed by atoms with van der Waals surface area (Å²) in [6.45, 7) is 1.73. The molecule has 0 aromatic carbocycles. The highest BCUT2D eigenvalue weighted by Gasteiger charge is 2.34. The Kier molecular flexibility index (Phi) is 5.05. The molecule has 2 atom stereocenters. The summed E-state index contributed by atoms with van der Waals surface area (Å²) >= 11 is 0. The minimum absolute atomic E-state index is 0.109. The summed E-state index contributed by atoms with van der Waals surface area (Å²) in [6.07, 6.45) is 8.12. The largest absolute Gasteiger partial charge is 0.327 e. The number of rotatable bonds is 4. The van der Waals surface area contributed by atoms with E-state index in [1.807, 2.05) is 25.4 Å². The zero-order chi connectivity index (χ0) is 16.9. The molecule has 6 nitrogen and oxygen atoms in total. The van der Waals surface area contributed by atoms with Gasteiger partial charge in [0, 0.05) is 38.2 Å². The maximum atomic E-state index is 12.4. The molecule has 2 aromatic rings. The summed E-state index contributed by atoms with van der Waals surface area (Å²) in [5.41, 5.74) is 1.92. The van der Waals surface area contributed by atoms with Gasteiger partial charge in [-0.2, -0.15) is 0 Å². The number of pyridine rings is 2. The molecule has 1 aliphatic rings. The van der Waals surface area contributed by atoms with Gasteiger partial charge in [-0.15, -0.1) is 0 Å². The summed E-state index contributed by atoms with van der Waals surface area (Å²) in [5.74, 6) is 0.392. The van der Waals surface area contributed by atoms with Crippen LogP contribution in [-0.2, 0) is 0 Å². The van der Waals surface area contributed by atoms with Crippen LogP contribution in [-0.4, -0.2) is 53.0 Å². The zero-order valence-electron chi connectivity index (χ0n) is 14.1. The number of anilines is 1. The van der Waals surface area contributed by atoms with Gasteiger partial charge in [-0.25, -0.2) is 4.79 Å². The highest BCUT2D eigenvalue weighted by atomic mass is 16.2. The topological polar surface area (TPSA) is 61.4 Å². The summed E-state index contributed by atoms with van der Waals surface area (Å²) in [7, 11) is 3.97.